The number of methoxy groups -OCH3 is 1. The zero-order chi connectivity index (χ0) is 12.3. The molecular formula is C12H21N3O2. The maximum absolute atomic E-state index is 5.47. The number of ether oxygens (including phenoxy) is 1. The van der Waals surface area contributed by atoms with Gasteiger partial charge in [-0.2, -0.15) is 4.98 Å². The van der Waals surface area contributed by atoms with Crippen molar-refractivity contribution in [3.8, 4) is 0 Å². The summed E-state index contributed by atoms with van der Waals surface area (Å²) in [7, 11) is 1.68. The van der Waals surface area contributed by atoms with E-state index in [1.165, 1.54) is 12.8 Å². The van der Waals surface area contributed by atoms with Crippen molar-refractivity contribution in [3.63, 3.8) is 0 Å². The first-order valence-electron chi connectivity index (χ1n) is 6.32. The Balaban J connectivity index is 2.14. The van der Waals surface area contributed by atoms with Crippen LogP contribution in [0.15, 0.2) is 4.52 Å². The second kappa shape index (κ2) is 5.14. The molecule has 0 bridgehead atoms. The van der Waals surface area contributed by atoms with Gasteiger partial charge in [0.1, 0.15) is 5.60 Å². The molecule has 0 amide bonds. The van der Waals surface area contributed by atoms with E-state index in [-0.39, 0.29) is 6.04 Å². The number of nitrogens with zero attached hydrogens (tertiary/aromatic N) is 2. The van der Waals surface area contributed by atoms with E-state index in [0.29, 0.717) is 11.7 Å². The minimum absolute atomic E-state index is 0.211. The molecule has 0 aromatic carbocycles. The molecule has 1 fully saturated rings. The fraction of sp³-hybridized carbons (Fsp3) is 0.833. The molecule has 0 spiro atoms. The van der Waals surface area contributed by atoms with Crippen LogP contribution in [0.1, 0.15) is 57.3 Å². The van der Waals surface area contributed by atoms with Gasteiger partial charge in [0, 0.05) is 7.11 Å². The van der Waals surface area contributed by atoms with Gasteiger partial charge in [0.05, 0.1) is 6.04 Å². The molecule has 1 aromatic rings. The summed E-state index contributed by atoms with van der Waals surface area (Å²) < 4.78 is 10.8. The monoisotopic (exact) mass is 239 g/mol. The van der Waals surface area contributed by atoms with Crippen LogP contribution in [0, 0.1) is 0 Å². The average Bonchev–Trinajstić information content (AvgIpc) is 2.89. The molecule has 96 valence electrons. The highest BCUT2D eigenvalue weighted by molar-refractivity contribution is 5.02. The number of rotatable bonds is 4. The van der Waals surface area contributed by atoms with E-state index in [1.54, 1.807) is 7.11 Å². The Morgan fingerprint density at radius 3 is 2.94 bits per heavy atom. The van der Waals surface area contributed by atoms with Crippen LogP contribution in [0.5, 0.6) is 0 Å². The quantitative estimate of drug-likeness (QED) is 0.872. The maximum atomic E-state index is 5.47. The standard InChI is InChI=1S/C12H21N3O2/c1-4-12(2,16-3)11-14-10(17-15-11)9-7-5-6-8-13-9/h9,13H,4-8H2,1-3H3/t9-,12?/m1/s1. The van der Waals surface area contributed by atoms with Crippen molar-refractivity contribution >= 4 is 0 Å². The van der Waals surface area contributed by atoms with Crippen molar-refractivity contribution in [3.05, 3.63) is 11.7 Å². The molecule has 2 atom stereocenters. The normalized spacial score (nSPS) is 24.5. The Hall–Kier alpha value is -0.940. The Kier molecular flexibility index (Phi) is 3.79. The van der Waals surface area contributed by atoms with Gasteiger partial charge >= 0.3 is 0 Å². The van der Waals surface area contributed by atoms with Crippen LogP contribution in [0.25, 0.3) is 0 Å². The molecule has 1 aliphatic heterocycles. The summed E-state index contributed by atoms with van der Waals surface area (Å²) in [6.45, 7) is 5.06. The third-order valence-electron chi connectivity index (χ3n) is 3.65. The van der Waals surface area contributed by atoms with Crippen molar-refractivity contribution in [2.75, 3.05) is 13.7 Å². The first-order valence-corrected chi connectivity index (χ1v) is 6.32. The number of piperidine rings is 1. The van der Waals surface area contributed by atoms with E-state index >= 15 is 0 Å². The summed E-state index contributed by atoms with van der Waals surface area (Å²) in [5.74, 6) is 1.33. The van der Waals surface area contributed by atoms with Gasteiger partial charge in [0.2, 0.25) is 11.7 Å². The zero-order valence-electron chi connectivity index (χ0n) is 10.8. The lowest BCUT2D eigenvalue weighted by Gasteiger charge is -2.22. The van der Waals surface area contributed by atoms with Crippen molar-refractivity contribution in [2.45, 2.75) is 51.2 Å². The lowest BCUT2D eigenvalue weighted by Crippen LogP contribution is -2.28. The molecule has 0 saturated carbocycles. The number of hydrogen-bond donors (Lipinski definition) is 1. The molecule has 1 N–H and O–H groups in total. The first-order chi connectivity index (χ1) is 8.19. The molecule has 5 heteroatoms. The molecule has 1 unspecified atom stereocenters. The van der Waals surface area contributed by atoms with Crippen molar-refractivity contribution in [2.24, 2.45) is 0 Å². The number of aromatic nitrogens is 2. The Labute approximate surface area is 102 Å². The summed E-state index contributed by atoms with van der Waals surface area (Å²) in [5, 5.41) is 7.45. The van der Waals surface area contributed by atoms with Crippen LogP contribution in [-0.2, 0) is 10.3 Å². The molecule has 1 saturated heterocycles. The summed E-state index contributed by atoms with van der Waals surface area (Å²) in [5.41, 5.74) is -0.448. The molecular weight excluding hydrogens is 218 g/mol. The third kappa shape index (κ3) is 2.50. The largest absolute Gasteiger partial charge is 0.370 e. The lowest BCUT2D eigenvalue weighted by atomic mass is 10.0. The highest BCUT2D eigenvalue weighted by atomic mass is 16.5. The highest BCUT2D eigenvalue weighted by Gasteiger charge is 2.31. The number of nitrogens with one attached hydrogen (secondary N) is 1. The van der Waals surface area contributed by atoms with Crippen molar-refractivity contribution < 1.29 is 9.26 Å². The molecule has 2 heterocycles. The van der Waals surface area contributed by atoms with Crippen LogP contribution in [-0.4, -0.2) is 23.8 Å². The van der Waals surface area contributed by atoms with E-state index in [1.807, 2.05) is 6.92 Å². The average molecular weight is 239 g/mol. The molecule has 17 heavy (non-hydrogen) atoms. The van der Waals surface area contributed by atoms with Gasteiger partial charge in [0.25, 0.3) is 0 Å². The second-order valence-corrected chi connectivity index (χ2v) is 4.75. The second-order valence-electron chi connectivity index (χ2n) is 4.75. The van der Waals surface area contributed by atoms with Crippen LogP contribution >= 0.6 is 0 Å². The minimum Gasteiger partial charge on any atom is -0.370 e. The smallest absolute Gasteiger partial charge is 0.243 e. The Bertz CT molecular complexity index is 354. The summed E-state index contributed by atoms with van der Waals surface area (Å²) in [4.78, 5) is 4.48. The minimum atomic E-state index is -0.448. The van der Waals surface area contributed by atoms with Gasteiger partial charge in [-0.1, -0.05) is 18.5 Å². The zero-order valence-corrected chi connectivity index (χ0v) is 10.8. The summed E-state index contributed by atoms with van der Waals surface area (Å²) in [6, 6.07) is 0.211. The van der Waals surface area contributed by atoms with E-state index in [2.05, 4.69) is 22.4 Å². The molecule has 1 aliphatic rings. The predicted octanol–water partition coefficient (Wildman–Crippen LogP) is 2.16. The van der Waals surface area contributed by atoms with Gasteiger partial charge in [0.15, 0.2) is 0 Å². The summed E-state index contributed by atoms with van der Waals surface area (Å²) in [6.07, 6.45) is 4.32. The molecule has 5 nitrogen and oxygen atoms in total. The fourth-order valence-corrected chi connectivity index (χ4v) is 2.05. The van der Waals surface area contributed by atoms with Crippen LogP contribution in [0.3, 0.4) is 0 Å². The summed E-state index contributed by atoms with van der Waals surface area (Å²) >= 11 is 0. The van der Waals surface area contributed by atoms with Gasteiger partial charge in [-0.15, -0.1) is 0 Å². The van der Waals surface area contributed by atoms with Gasteiger partial charge in [-0.05, 0) is 32.7 Å². The van der Waals surface area contributed by atoms with Crippen molar-refractivity contribution in [1.82, 2.24) is 15.5 Å². The van der Waals surface area contributed by atoms with Gasteiger partial charge in [-0.3, -0.25) is 0 Å². The topological polar surface area (TPSA) is 60.2 Å². The SMILES string of the molecule is CCC(C)(OC)c1noc([C@H]2CCCCN2)n1. The predicted molar refractivity (Wildman–Crippen MR) is 63.5 cm³/mol. The van der Waals surface area contributed by atoms with Crippen LogP contribution in [0.4, 0.5) is 0 Å². The molecule has 2 rings (SSSR count). The maximum Gasteiger partial charge on any atom is 0.243 e. The van der Waals surface area contributed by atoms with E-state index in [9.17, 15) is 0 Å². The Morgan fingerprint density at radius 2 is 2.35 bits per heavy atom. The van der Waals surface area contributed by atoms with Gasteiger partial charge in [-0.25, -0.2) is 0 Å². The first kappa shape index (κ1) is 12.5. The fourth-order valence-electron chi connectivity index (χ4n) is 2.05. The molecule has 1 aromatic heterocycles. The lowest BCUT2D eigenvalue weighted by molar-refractivity contribution is -0.0106. The van der Waals surface area contributed by atoms with Crippen LogP contribution < -0.4 is 5.32 Å². The van der Waals surface area contributed by atoms with Crippen molar-refractivity contribution in [1.29, 1.82) is 0 Å². The third-order valence-corrected chi connectivity index (χ3v) is 3.65. The van der Waals surface area contributed by atoms with E-state index < -0.39 is 5.60 Å². The number of hydrogen-bond acceptors (Lipinski definition) is 5. The Morgan fingerprint density at radius 1 is 1.53 bits per heavy atom. The van der Waals surface area contributed by atoms with Gasteiger partial charge < -0.3 is 14.6 Å². The highest BCUT2D eigenvalue weighted by Crippen LogP contribution is 2.28. The van der Waals surface area contributed by atoms with E-state index in [0.717, 1.165) is 19.4 Å². The van der Waals surface area contributed by atoms with E-state index in [4.69, 9.17) is 9.26 Å². The molecule has 0 aliphatic carbocycles. The molecule has 0 radical (unpaired) electrons. The van der Waals surface area contributed by atoms with Crippen LogP contribution in [0.2, 0.25) is 0 Å².